The highest BCUT2D eigenvalue weighted by Gasteiger charge is 2.05. The van der Waals surface area contributed by atoms with Gasteiger partial charge in [-0.05, 0) is 25.1 Å². The van der Waals surface area contributed by atoms with Crippen molar-refractivity contribution in [3.8, 4) is 5.75 Å². The summed E-state index contributed by atoms with van der Waals surface area (Å²) in [5, 5.41) is 11.7. The quantitative estimate of drug-likeness (QED) is 0.496. The molecule has 1 aromatic carbocycles. The SMILES string of the molecule is CCOc1ccc(/C(Cl)=N/O)cc1Cl. The lowest BCUT2D eigenvalue weighted by atomic mass is 10.2. The maximum absolute atomic E-state index is 8.43. The zero-order valence-electron chi connectivity index (χ0n) is 7.50. The Hall–Kier alpha value is -0.930. The molecule has 5 heteroatoms. The minimum atomic E-state index is -0.00468. The van der Waals surface area contributed by atoms with E-state index in [9.17, 15) is 0 Å². The zero-order valence-corrected chi connectivity index (χ0v) is 9.01. The zero-order chi connectivity index (χ0) is 10.6. The molecule has 0 saturated carbocycles. The van der Waals surface area contributed by atoms with Gasteiger partial charge in [0.25, 0.3) is 0 Å². The Bertz CT molecular complexity index is 353. The highest BCUT2D eigenvalue weighted by molar-refractivity contribution is 6.69. The van der Waals surface area contributed by atoms with Gasteiger partial charge in [0.1, 0.15) is 5.75 Å². The molecule has 76 valence electrons. The van der Waals surface area contributed by atoms with Crippen molar-refractivity contribution in [1.82, 2.24) is 0 Å². The molecule has 1 N–H and O–H groups in total. The summed E-state index contributed by atoms with van der Waals surface area (Å²) < 4.78 is 5.23. The van der Waals surface area contributed by atoms with E-state index in [2.05, 4.69) is 5.16 Å². The van der Waals surface area contributed by atoms with E-state index < -0.39 is 0 Å². The molecule has 0 spiro atoms. The Morgan fingerprint density at radius 1 is 1.57 bits per heavy atom. The Kier molecular flexibility index (Phi) is 4.04. The van der Waals surface area contributed by atoms with Crippen LogP contribution in [0.25, 0.3) is 0 Å². The van der Waals surface area contributed by atoms with Crippen molar-refractivity contribution in [2.75, 3.05) is 6.61 Å². The monoisotopic (exact) mass is 233 g/mol. The first-order chi connectivity index (χ1) is 6.69. The second kappa shape index (κ2) is 5.08. The van der Waals surface area contributed by atoms with Gasteiger partial charge in [-0.15, -0.1) is 0 Å². The molecule has 0 aromatic heterocycles. The minimum absolute atomic E-state index is 0.00468. The molecule has 0 aliphatic carbocycles. The Morgan fingerprint density at radius 2 is 2.29 bits per heavy atom. The molecule has 1 aromatic rings. The van der Waals surface area contributed by atoms with E-state index in [1.807, 2.05) is 6.92 Å². The second-order valence-electron chi connectivity index (χ2n) is 2.47. The molecule has 0 aliphatic rings. The van der Waals surface area contributed by atoms with Crippen LogP contribution in [0.15, 0.2) is 23.4 Å². The van der Waals surface area contributed by atoms with Crippen molar-refractivity contribution in [2.45, 2.75) is 6.92 Å². The lowest BCUT2D eigenvalue weighted by Crippen LogP contribution is -1.95. The van der Waals surface area contributed by atoms with Crippen molar-refractivity contribution in [2.24, 2.45) is 5.16 Å². The Balaban J connectivity index is 3.00. The van der Waals surface area contributed by atoms with Gasteiger partial charge >= 0.3 is 0 Å². The van der Waals surface area contributed by atoms with E-state index in [1.165, 1.54) is 0 Å². The number of halogens is 2. The lowest BCUT2D eigenvalue weighted by molar-refractivity contribution is 0.320. The van der Waals surface area contributed by atoms with Crippen molar-refractivity contribution in [3.63, 3.8) is 0 Å². The minimum Gasteiger partial charge on any atom is -0.492 e. The second-order valence-corrected chi connectivity index (χ2v) is 3.23. The van der Waals surface area contributed by atoms with Crippen LogP contribution in [0.2, 0.25) is 5.02 Å². The first kappa shape index (κ1) is 11.1. The van der Waals surface area contributed by atoms with Gasteiger partial charge in [-0.1, -0.05) is 28.4 Å². The molecule has 0 bridgehead atoms. The fraction of sp³-hybridized carbons (Fsp3) is 0.222. The number of hydrogen-bond donors (Lipinski definition) is 1. The lowest BCUT2D eigenvalue weighted by Gasteiger charge is -2.06. The van der Waals surface area contributed by atoms with Gasteiger partial charge in [-0.3, -0.25) is 0 Å². The molecular weight excluding hydrogens is 225 g/mol. The Labute approximate surface area is 91.9 Å². The summed E-state index contributed by atoms with van der Waals surface area (Å²) >= 11 is 11.5. The van der Waals surface area contributed by atoms with Gasteiger partial charge < -0.3 is 9.94 Å². The predicted octanol–water partition coefficient (Wildman–Crippen LogP) is 3.11. The van der Waals surface area contributed by atoms with E-state index in [0.29, 0.717) is 22.9 Å². The number of ether oxygens (including phenoxy) is 1. The van der Waals surface area contributed by atoms with Gasteiger partial charge in [-0.2, -0.15) is 0 Å². The third kappa shape index (κ3) is 2.53. The van der Waals surface area contributed by atoms with Crippen molar-refractivity contribution in [3.05, 3.63) is 28.8 Å². The van der Waals surface area contributed by atoms with E-state index in [4.69, 9.17) is 33.1 Å². The van der Waals surface area contributed by atoms with Crippen molar-refractivity contribution in [1.29, 1.82) is 0 Å². The molecule has 0 heterocycles. The summed E-state index contributed by atoms with van der Waals surface area (Å²) in [6.45, 7) is 2.41. The molecule has 0 amide bonds. The van der Waals surface area contributed by atoms with Gasteiger partial charge in [-0.25, -0.2) is 0 Å². The average Bonchev–Trinajstić information content (AvgIpc) is 2.20. The summed E-state index contributed by atoms with van der Waals surface area (Å²) in [5.41, 5.74) is 0.544. The largest absolute Gasteiger partial charge is 0.492 e. The fourth-order valence-electron chi connectivity index (χ4n) is 0.959. The van der Waals surface area contributed by atoms with Crippen molar-refractivity contribution < 1.29 is 9.94 Å². The molecule has 0 saturated heterocycles. The molecule has 0 fully saturated rings. The molecule has 14 heavy (non-hydrogen) atoms. The van der Waals surface area contributed by atoms with Gasteiger partial charge in [0.15, 0.2) is 5.17 Å². The van der Waals surface area contributed by atoms with Crippen LogP contribution in [0.3, 0.4) is 0 Å². The maximum atomic E-state index is 8.43. The highest BCUT2D eigenvalue weighted by Crippen LogP contribution is 2.26. The summed E-state index contributed by atoms with van der Waals surface area (Å²) in [6.07, 6.45) is 0. The van der Waals surface area contributed by atoms with E-state index in [1.54, 1.807) is 18.2 Å². The highest BCUT2D eigenvalue weighted by atomic mass is 35.5. The average molecular weight is 234 g/mol. The predicted molar refractivity (Wildman–Crippen MR) is 56.8 cm³/mol. The van der Waals surface area contributed by atoms with Crippen LogP contribution >= 0.6 is 23.2 Å². The number of oxime groups is 1. The smallest absolute Gasteiger partial charge is 0.175 e. The van der Waals surface area contributed by atoms with E-state index >= 15 is 0 Å². The van der Waals surface area contributed by atoms with E-state index in [0.717, 1.165) is 0 Å². The molecule has 0 atom stereocenters. The number of hydrogen-bond acceptors (Lipinski definition) is 3. The van der Waals surface area contributed by atoms with Crippen LogP contribution in [0.5, 0.6) is 5.75 Å². The number of benzene rings is 1. The van der Waals surface area contributed by atoms with Gasteiger partial charge in [0.05, 0.1) is 11.6 Å². The third-order valence-corrected chi connectivity index (χ3v) is 2.15. The maximum Gasteiger partial charge on any atom is 0.175 e. The van der Waals surface area contributed by atoms with Crippen LogP contribution in [0.1, 0.15) is 12.5 Å². The number of nitrogens with zero attached hydrogens (tertiary/aromatic N) is 1. The summed E-state index contributed by atoms with van der Waals surface area (Å²) in [5.74, 6) is 0.584. The van der Waals surface area contributed by atoms with Crippen LogP contribution in [0, 0.1) is 0 Å². The Morgan fingerprint density at radius 3 is 2.79 bits per heavy atom. The van der Waals surface area contributed by atoms with E-state index in [-0.39, 0.29) is 5.17 Å². The molecule has 0 radical (unpaired) electrons. The summed E-state index contributed by atoms with van der Waals surface area (Å²) in [7, 11) is 0. The molecular formula is C9H9Cl2NO2. The van der Waals surface area contributed by atoms with Crippen LogP contribution < -0.4 is 4.74 Å². The molecule has 0 unspecified atom stereocenters. The summed E-state index contributed by atoms with van der Waals surface area (Å²) in [4.78, 5) is 0. The first-order valence-electron chi connectivity index (χ1n) is 3.99. The topological polar surface area (TPSA) is 41.8 Å². The molecule has 3 nitrogen and oxygen atoms in total. The van der Waals surface area contributed by atoms with Gasteiger partial charge in [0, 0.05) is 5.56 Å². The third-order valence-electron chi connectivity index (χ3n) is 1.56. The molecule has 0 aliphatic heterocycles. The summed E-state index contributed by atoms with van der Waals surface area (Å²) in [6, 6.07) is 4.92. The molecule has 1 rings (SSSR count). The fourth-order valence-corrected chi connectivity index (χ4v) is 1.31. The van der Waals surface area contributed by atoms with Crippen molar-refractivity contribution >= 4 is 28.4 Å². The normalized spacial score (nSPS) is 11.5. The van der Waals surface area contributed by atoms with Crippen LogP contribution in [-0.2, 0) is 0 Å². The van der Waals surface area contributed by atoms with Crippen LogP contribution in [-0.4, -0.2) is 17.0 Å². The van der Waals surface area contributed by atoms with Gasteiger partial charge in [0.2, 0.25) is 0 Å². The standard InChI is InChI=1S/C9H9Cl2NO2/c1-2-14-8-4-3-6(5-7(8)10)9(11)12-13/h3-5,13H,2H2,1H3/b12-9-. The number of rotatable bonds is 3. The van der Waals surface area contributed by atoms with Crippen LogP contribution in [0.4, 0.5) is 0 Å². The first-order valence-corrected chi connectivity index (χ1v) is 4.75.